The Balaban J connectivity index is 1.89. The summed E-state index contributed by atoms with van der Waals surface area (Å²) in [6.45, 7) is 3.49. The lowest BCUT2D eigenvalue weighted by Crippen LogP contribution is -2.41. The molecular weight excluding hydrogens is 230 g/mol. The molecule has 0 aromatic rings. The molecule has 0 aromatic heterocycles. The Morgan fingerprint density at radius 1 is 1.47 bits per heavy atom. The molecule has 2 fully saturated rings. The van der Waals surface area contributed by atoms with Crippen LogP contribution in [0.1, 0.15) is 13.8 Å². The highest BCUT2D eigenvalue weighted by molar-refractivity contribution is 6.23. The van der Waals surface area contributed by atoms with E-state index in [1.54, 1.807) is 13.8 Å². The third kappa shape index (κ3) is 2.47. The van der Waals surface area contributed by atoms with Crippen molar-refractivity contribution in [1.29, 1.82) is 0 Å². The highest BCUT2D eigenvalue weighted by Gasteiger charge is 2.54. The van der Waals surface area contributed by atoms with Crippen LogP contribution < -0.4 is 5.32 Å². The molecule has 0 spiro atoms. The van der Waals surface area contributed by atoms with E-state index in [2.05, 4.69) is 5.32 Å². The molecule has 0 radical (unpaired) electrons. The predicted molar refractivity (Wildman–Crippen MR) is 53.8 cm³/mol. The van der Waals surface area contributed by atoms with Gasteiger partial charge in [0.1, 0.15) is 18.3 Å². The number of aliphatic hydroxyl groups excluding tert-OH is 1. The SMILES string of the molecule is CC1(C)OC2OC(CNC(=O)C=O)C(O)C2O1. The largest absolute Gasteiger partial charge is 0.387 e. The van der Waals surface area contributed by atoms with Crippen molar-refractivity contribution in [2.45, 2.75) is 44.2 Å². The van der Waals surface area contributed by atoms with Crippen LogP contribution in [0.15, 0.2) is 0 Å². The first-order valence-electron chi connectivity index (χ1n) is 5.35. The van der Waals surface area contributed by atoms with E-state index in [1.165, 1.54) is 0 Å². The Morgan fingerprint density at radius 2 is 2.18 bits per heavy atom. The van der Waals surface area contributed by atoms with Gasteiger partial charge in [-0.05, 0) is 13.8 Å². The lowest BCUT2D eigenvalue weighted by atomic mass is 10.1. The van der Waals surface area contributed by atoms with Crippen molar-refractivity contribution in [3.63, 3.8) is 0 Å². The van der Waals surface area contributed by atoms with Crippen LogP contribution in [0.25, 0.3) is 0 Å². The Hall–Kier alpha value is -1.02. The van der Waals surface area contributed by atoms with Gasteiger partial charge < -0.3 is 24.6 Å². The zero-order valence-corrected chi connectivity index (χ0v) is 9.58. The molecule has 0 aromatic carbocycles. The zero-order valence-electron chi connectivity index (χ0n) is 9.58. The quantitative estimate of drug-likeness (QED) is 0.466. The van der Waals surface area contributed by atoms with Gasteiger partial charge >= 0.3 is 0 Å². The number of ether oxygens (including phenoxy) is 3. The first-order chi connectivity index (χ1) is 7.93. The highest BCUT2D eigenvalue weighted by atomic mass is 16.8. The number of aliphatic hydroxyl groups is 1. The van der Waals surface area contributed by atoms with Crippen LogP contribution in [0.3, 0.4) is 0 Å². The predicted octanol–water partition coefficient (Wildman–Crippen LogP) is -1.46. The second-order valence-electron chi connectivity index (χ2n) is 4.50. The summed E-state index contributed by atoms with van der Waals surface area (Å²) in [6, 6.07) is 0. The molecule has 0 saturated carbocycles. The maximum atomic E-state index is 10.7. The molecule has 2 aliphatic rings. The van der Waals surface area contributed by atoms with Crippen molar-refractivity contribution < 1.29 is 28.9 Å². The number of amides is 1. The third-order valence-electron chi connectivity index (χ3n) is 2.70. The summed E-state index contributed by atoms with van der Waals surface area (Å²) in [6.07, 6.45) is -2.57. The van der Waals surface area contributed by atoms with Crippen LogP contribution in [0, 0.1) is 0 Å². The van der Waals surface area contributed by atoms with Gasteiger partial charge in [-0.25, -0.2) is 0 Å². The topological polar surface area (TPSA) is 94.1 Å². The Labute approximate surface area is 98.0 Å². The molecule has 2 N–H and O–H groups in total. The van der Waals surface area contributed by atoms with E-state index in [-0.39, 0.29) is 12.8 Å². The van der Waals surface area contributed by atoms with Gasteiger partial charge in [0.15, 0.2) is 12.1 Å². The first-order valence-corrected chi connectivity index (χ1v) is 5.35. The lowest BCUT2D eigenvalue weighted by Gasteiger charge is -2.22. The van der Waals surface area contributed by atoms with Crippen molar-refractivity contribution in [1.82, 2.24) is 5.32 Å². The molecule has 4 atom stereocenters. The Kier molecular flexibility index (Phi) is 3.17. The van der Waals surface area contributed by atoms with Crippen LogP contribution in [-0.4, -0.2) is 54.2 Å². The molecule has 7 nitrogen and oxygen atoms in total. The van der Waals surface area contributed by atoms with Gasteiger partial charge in [-0.1, -0.05) is 0 Å². The van der Waals surface area contributed by atoms with Gasteiger partial charge in [0, 0.05) is 6.54 Å². The van der Waals surface area contributed by atoms with Gasteiger partial charge in [-0.2, -0.15) is 0 Å². The van der Waals surface area contributed by atoms with Crippen molar-refractivity contribution in [2.24, 2.45) is 0 Å². The number of nitrogens with one attached hydrogen (secondary N) is 1. The van der Waals surface area contributed by atoms with Crippen LogP contribution in [0.4, 0.5) is 0 Å². The van der Waals surface area contributed by atoms with Gasteiger partial charge in [0.2, 0.25) is 6.29 Å². The van der Waals surface area contributed by atoms with E-state index in [0.717, 1.165) is 0 Å². The van der Waals surface area contributed by atoms with E-state index in [9.17, 15) is 14.7 Å². The fourth-order valence-corrected chi connectivity index (χ4v) is 1.97. The highest BCUT2D eigenvalue weighted by Crippen LogP contribution is 2.37. The molecule has 17 heavy (non-hydrogen) atoms. The maximum absolute atomic E-state index is 10.7. The Morgan fingerprint density at radius 3 is 2.76 bits per heavy atom. The van der Waals surface area contributed by atoms with Crippen LogP contribution in [-0.2, 0) is 23.8 Å². The Bertz CT molecular complexity index is 331. The van der Waals surface area contributed by atoms with Gasteiger partial charge in [-0.15, -0.1) is 0 Å². The summed E-state index contributed by atoms with van der Waals surface area (Å²) in [7, 11) is 0. The molecule has 2 aliphatic heterocycles. The summed E-state index contributed by atoms with van der Waals surface area (Å²) in [4.78, 5) is 20.9. The van der Waals surface area contributed by atoms with Gasteiger partial charge in [0.25, 0.3) is 5.91 Å². The minimum absolute atomic E-state index is 0.0406. The van der Waals surface area contributed by atoms with Crippen LogP contribution >= 0.6 is 0 Å². The molecular formula is C10H15NO6. The van der Waals surface area contributed by atoms with Gasteiger partial charge in [-0.3, -0.25) is 9.59 Å². The van der Waals surface area contributed by atoms with Crippen molar-refractivity contribution >= 4 is 12.2 Å². The summed E-state index contributed by atoms with van der Waals surface area (Å²) < 4.78 is 16.3. The molecule has 2 heterocycles. The first kappa shape index (κ1) is 12.4. The second-order valence-corrected chi connectivity index (χ2v) is 4.50. The second kappa shape index (κ2) is 4.34. The molecule has 2 rings (SSSR count). The van der Waals surface area contributed by atoms with Gasteiger partial charge in [0.05, 0.1) is 0 Å². The summed E-state index contributed by atoms with van der Waals surface area (Å²) in [5.74, 6) is -1.53. The average molecular weight is 245 g/mol. The standard InChI is InChI=1S/C10H15NO6/c1-10(2)16-8-7(14)5(15-9(8)17-10)3-11-6(13)4-12/h4-5,7-9,14H,3H2,1-2H3,(H,11,13). The van der Waals surface area contributed by atoms with Crippen molar-refractivity contribution in [3.05, 3.63) is 0 Å². The minimum Gasteiger partial charge on any atom is -0.387 e. The summed E-state index contributed by atoms with van der Waals surface area (Å²) >= 11 is 0. The molecule has 4 unspecified atom stereocenters. The smallest absolute Gasteiger partial charge is 0.284 e. The fraction of sp³-hybridized carbons (Fsp3) is 0.800. The number of hydrogen-bond acceptors (Lipinski definition) is 6. The van der Waals surface area contributed by atoms with E-state index in [0.29, 0.717) is 0 Å². The van der Waals surface area contributed by atoms with Crippen molar-refractivity contribution in [2.75, 3.05) is 6.54 Å². The monoisotopic (exact) mass is 245 g/mol. The number of carbonyl (C=O) groups is 2. The molecule has 0 aliphatic carbocycles. The molecule has 1 amide bonds. The molecule has 2 saturated heterocycles. The van der Waals surface area contributed by atoms with E-state index >= 15 is 0 Å². The fourth-order valence-electron chi connectivity index (χ4n) is 1.97. The lowest BCUT2D eigenvalue weighted by molar-refractivity contribution is -0.214. The summed E-state index contributed by atoms with van der Waals surface area (Å²) in [5, 5.41) is 12.2. The average Bonchev–Trinajstić information content (AvgIpc) is 2.70. The number of rotatable bonds is 3. The molecule has 0 bridgehead atoms. The third-order valence-corrected chi connectivity index (χ3v) is 2.70. The maximum Gasteiger partial charge on any atom is 0.284 e. The number of fused-ring (bicyclic) bond motifs is 1. The van der Waals surface area contributed by atoms with Crippen molar-refractivity contribution in [3.8, 4) is 0 Å². The van der Waals surface area contributed by atoms with E-state index in [1.807, 2.05) is 0 Å². The number of hydrogen-bond donors (Lipinski definition) is 2. The number of aldehydes is 1. The summed E-state index contributed by atoms with van der Waals surface area (Å²) in [5.41, 5.74) is 0. The van der Waals surface area contributed by atoms with E-state index in [4.69, 9.17) is 14.2 Å². The minimum atomic E-state index is -0.895. The molecule has 96 valence electrons. The van der Waals surface area contributed by atoms with Crippen LogP contribution in [0.2, 0.25) is 0 Å². The number of carbonyl (C=O) groups excluding carboxylic acids is 2. The van der Waals surface area contributed by atoms with Crippen LogP contribution in [0.5, 0.6) is 0 Å². The van der Waals surface area contributed by atoms with E-state index < -0.39 is 36.3 Å². The molecule has 7 heteroatoms. The normalized spacial score (nSPS) is 38.8. The zero-order chi connectivity index (χ0) is 12.6.